The fourth-order valence-corrected chi connectivity index (χ4v) is 6.52. The standard InChI is InChI=1S/C21H29N3O5S/c1-29-17-5-2-6-18(15-17)30(27,28)24-12-3-7-19(24)21(26)22-13-9-16(10-14-22)23-11-4-8-20(23)25/h2,5-6,15-16,19H,3-4,7-14H2,1H3. The van der Waals surface area contributed by atoms with Gasteiger partial charge in [-0.3, -0.25) is 9.59 Å². The molecule has 3 aliphatic rings. The molecule has 8 nitrogen and oxygen atoms in total. The molecule has 0 saturated carbocycles. The first-order valence-corrected chi connectivity index (χ1v) is 12.1. The van der Waals surface area contributed by atoms with Gasteiger partial charge in [0.25, 0.3) is 0 Å². The number of benzene rings is 1. The summed E-state index contributed by atoms with van der Waals surface area (Å²) in [5.41, 5.74) is 0. The lowest BCUT2D eigenvalue weighted by molar-refractivity contribution is -0.137. The van der Waals surface area contributed by atoms with Crippen LogP contribution in [0.3, 0.4) is 0 Å². The van der Waals surface area contributed by atoms with E-state index in [1.54, 1.807) is 17.0 Å². The third-order valence-electron chi connectivity index (χ3n) is 6.46. The number of carbonyl (C=O) groups excluding carboxylic acids is 2. The first-order valence-electron chi connectivity index (χ1n) is 10.7. The molecule has 0 N–H and O–H groups in total. The molecule has 3 aliphatic heterocycles. The number of hydrogen-bond donors (Lipinski definition) is 0. The van der Waals surface area contributed by atoms with Crippen LogP contribution in [0.2, 0.25) is 0 Å². The van der Waals surface area contributed by atoms with Crippen LogP contribution >= 0.6 is 0 Å². The van der Waals surface area contributed by atoms with Crippen molar-refractivity contribution in [2.24, 2.45) is 0 Å². The zero-order valence-corrected chi connectivity index (χ0v) is 18.1. The Kier molecular flexibility index (Phi) is 6.13. The zero-order valence-electron chi connectivity index (χ0n) is 17.3. The van der Waals surface area contributed by atoms with Crippen molar-refractivity contribution < 1.29 is 23.1 Å². The van der Waals surface area contributed by atoms with E-state index in [9.17, 15) is 18.4 Å². The number of piperidine rings is 1. The number of hydrogen-bond acceptors (Lipinski definition) is 5. The zero-order chi connectivity index (χ0) is 21.3. The van der Waals surface area contributed by atoms with Crippen LogP contribution in [0.1, 0.15) is 38.5 Å². The van der Waals surface area contributed by atoms with Crippen molar-refractivity contribution in [1.29, 1.82) is 0 Å². The highest BCUT2D eigenvalue weighted by atomic mass is 32.3. The van der Waals surface area contributed by atoms with E-state index in [0.717, 1.165) is 25.8 Å². The lowest BCUT2D eigenvalue weighted by Gasteiger charge is -2.38. The Balaban J connectivity index is 1.43. The molecule has 2 atom stereocenters. The molecule has 3 fully saturated rings. The van der Waals surface area contributed by atoms with Crippen LogP contribution in [0.5, 0.6) is 5.75 Å². The lowest BCUT2D eigenvalue weighted by Crippen LogP contribution is -2.53. The Morgan fingerprint density at radius 3 is 2.57 bits per heavy atom. The van der Waals surface area contributed by atoms with Crippen LogP contribution in [0.15, 0.2) is 29.2 Å². The van der Waals surface area contributed by atoms with E-state index in [4.69, 9.17) is 4.74 Å². The molecule has 0 aromatic heterocycles. The number of methoxy groups -OCH3 is 1. The van der Waals surface area contributed by atoms with Gasteiger partial charge >= 0.3 is 0 Å². The second-order valence-electron chi connectivity index (χ2n) is 8.20. The second-order valence-corrected chi connectivity index (χ2v) is 10.1. The van der Waals surface area contributed by atoms with Crippen molar-refractivity contribution in [3.05, 3.63) is 24.3 Å². The van der Waals surface area contributed by atoms with Crippen LogP contribution in [-0.4, -0.2) is 75.8 Å². The second kappa shape index (κ2) is 8.64. The molecule has 0 spiro atoms. The maximum Gasteiger partial charge on any atom is 0.244 e. The number of nitrogens with zero attached hydrogens (tertiary/aromatic N) is 3. The van der Waals surface area contributed by atoms with Gasteiger partial charge in [-0.2, -0.15) is 0 Å². The number of ether oxygens (including phenoxy) is 1. The highest BCUT2D eigenvalue weighted by Crippen LogP contribution is 2.33. The van der Waals surface area contributed by atoms with E-state index < -0.39 is 16.4 Å². The topological polar surface area (TPSA) is 93.2 Å². The summed E-state index contributed by atoms with van der Waals surface area (Å²) in [4.78, 5) is 29.1. The molecule has 164 valence electrons. The van der Waals surface area contributed by atoms with Gasteiger partial charge in [-0.15, -0.1) is 4.31 Å². The number of likely N-dealkylation sites (tertiary alicyclic amines) is 2. The Hall–Kier alpha value is -1.97. The minimum absolute atomic E-state index is 0.120. The van der Waals surface area contributed by atoms with Crippen molar-refractivity contribution in [3.8, 4) is 5.75 Å². The molecule has 0 aliphatic carbocycles. The predicted octanol–water partition coefficient (Wildman–Crippen LogP) is 1.68. The molecule has 0 radical (unpaired) electrons. The molecular weight excluding hydrogens is 406 g/mol. The van der Waals surface area contributed by atoms with Gasteiger partial charge in [0.2, 0.25) is 11.8 Å². The predicted molar refractivity (Wildman–Crippen MR) is 110 cm³/mol. The van der Waals surface area contributed by atoms with Gasteiger partial charge in [0, 0.05) is 44.7 Å². The summed E-state index contributed by atoms with van der Waals surface area (Å²) in [6.45, 7) is 2.29. The molecule has 9 heteroatoms. The van der Waals surface area contributed by atoms with E-state index in [1.807, 2.05) is 4.90 Å². The summed E-state index contributed by atoms with van der Waals surface area (Å²) < 4.78 is 32.9. The number of rotatable bonds is 5. The average molecular weight is 436 g/mol. The minimum atomic E-state index is -3.78. The lowest BCUT2D eigenvalue weighted by atomic mass is 10.0. The quantitative estimate of drug-likeness (QED) is 0.656. The van der Waals surface area contributed by atoms with Gasteiger partial charge in [-0.25, -0.2) is 0 Å². The average Bonchev–Trinajstić information content (AvgIpc) is 3.43. The Morgan fingerprint density at radius 1 is 1.13 bits per heavy atom. The van der Waals surface area contributed by atoms with E-state index >= 15 is 0 Å². The first-order chi connectivity index (χ1) is 14.4. The third kappa shape index (κ3) is 3.98. The third-order valence-corrected chi connectivity index (χ3v) is 8.37. The molecule has 2 unspecified atom stereocenters. The van der Waals surface area contributed by atoms with Crippen molar-refractivity contribution in [1.82, 2.24) is 14.1 Å². The summed E-state index contributed by atoms with van der Waals surface area (Å²) in [5.74, 6) is 0.563. The molecule has 0 bridgehead atoms. The van der Waals surface area contributed by atoms with Gasteiger partial charge in [0.1, 0.15) is 11.8 Å². The summed E-state index contributed by atoms with van der Waals surface area (Å²) in [7, 11) is -2.29. The van der Waals surface area contributed by atoms with E-state index in [0.29, 0.717) is 44.6 Å². The summed E-state index contributed by atoms with van der Waals surface area (Å²) in [6, 6.07) is 5.91. The van der Waals surface area contributed by atoms with Crippen molar-refractivity contribution in [2.75, 3.05) is 33.3 Å². The van der Waals surface area contributed by atoms with E-state index in [1.165, 1.54) is 23.5 Å². The van der Waals surface area contributed by atoms with E-state index in [-0.39, 0.29) is 22.8 Å². The molecule has 2 amide bonds. The molecule has 1 aromatic carbocycles. The molecule has 3 saturated heterocycles. The first kappa shape index (κ1) is 21.3. The Labute approximate surface area is 178 Å². The molecule has 1 aromatic rings. The van der Waals surface area contributed by atoms with Crippen LogP contribution in [0, 0.1) is 0 Å². The van der Waals surface area contributed by atoms with Gasteiger partial charge in [0.15, 0.2) is 15.3 Å². The highest BCUT2D eigenvalue weighted by molar-refractivity contribution is 7.95. The smallest absolute Gasteiger partial charge is 0.244 e. The molecular formula is C21H29N3O5S. The van der Waals surface area contributed by atoms with Crippen LogP contribution in [-0.2, 0) is 24.2 Å². The molecule has 3 heterocycles. The van der Waals surface area contributed by atoms with Crippen molar-refractivity contribution in [3.63, 3.8) is 0 Å². The number of sulfonamides is 1. The SMILES string of the molecule is COc1cccc([S+](=O)([O-])N2CCCC2C(=O)N2CCC(N3CCCC3=O)CC2)c1. The van der Waals surface area contributed by atoms with Crippen LogP contribution < -0.4 is 4.74 Å². The van der Waals surface area contributed by atoms with Crippen LogP contribution in [0.4, 0.5) is 0 Å². The van der Waals surface area contributed by atoms with E-state index in [2.05, 4.69) is 0 Å². The molecule has 30 heavy (non-hydrogen) atoms. The Bertz CT molecular complexity index is 855. The number of carbonyl (C=O) groups is 2. The number of amides is 2. The fraction of sp³-hybridized carbons (Fsp3) is 0.619. The summed E-state index contributed by atoms with van der Waals surface area (Å²) in [5, 5.41) is 0. The Morgan fingerprint density at radius 2 is 1.90 bits per heavy atom. The highest BCUT2D eigenvalue weighted by Gasteiger charge is 2.45. The molecule has 4 rings (SSSR count). The fourth-order valence-electron chi connectivity index (χ4n) is 4.84. The maximum absolute atomic E-state index is 13.2. The minimum Gasteiger partial charge on any atom is -0.593 e. The van der Waals surface area contributed by atoms with Crippen molar-refractivity contribution in [2.45, 2.75) is 55.5 Å². The summed E-state index contributed by atoms with van der Waals surface area (Å²) >= 11 is 0. The van der Waals surface area contributed by atoms with Gasteiger partial charge in [-0.1, -0.05) is 10.3 Å². The van der Waals surface area contributed by atoms with Gasteiger partial charge < -0.3 is 19.1 Å². The maximum atomic E-state index is 13.2. The van der Waals surface area contributed by atoms with Crippen LogP contribution in [0.25, 0.3) is 0 Å². The normalized spacial score (nSPS) is 25.5. The van der Waals surface area contributed by atoms with Gasteiger partial charge in [-0.05, 0) is 44.2 Å². The van der Waals surface area contributed by atoms with Crippen molar-refractivity contribution >= 4 is 22.2 Å². The summed E-state index contributed by atoms with van der Waals surface area (Å²) in [6.07, 6.45) is 4.25. The largest absolute Gasteiger partial charge is 0.593 e. The monoisotopic (exact) mass is 435 g/mol. The van der Waals surface area contributed by atoms with Gasteiger partial charge in [0.05, 0.1) is 7.11 Å².